The van der Waals surface area contributed by atoms with Crippen LogP contribution in [0.5, 0.6) is 0 Å². The minimum atomic E-state index is -0.409. The standard InChI is InChI=1S/C16H21N3O3/c1-18-9-6-12(7-10-18)17-15(20)8-11-19-13-4-2-3-5-14(13)22-16(19)21/h2-5,12H,6-11H2,1H3,(H,17,20). The first-order valence-electron chi connectivity index (χ1n) is 7.70. The summed E-state index contributed by atoms with van der Waals surface area (Å²) in [6.07, 6.45) is 2.25. The van der Waals surface area contributed by atoms with Crippen LogP contribution in [-0.2, 0) is 11.3 Å². The minimum absolute atomic E-state index is 0.00765. The largest absolute Gasteiger partial charge is 0.419 e. The molecule has 3 rings (SSSR count). The van der Waals surface area contributed by atoms with E-state index in [0.29, 0.717) is 12.1 Å². The molecule has 0 atom stereocenters. The predicted molar refractivity (Wildman–Crippen MR) is 83.8 cm³/mol. The highest BCUT2D eigenvalue weighted by atomic mass is 16.4. The summed E-state index contributed by atoms with van der Waals surface area (Å²) in [5, 5.41) is 3.06. The van der Waals surface area contributed by atoms with Crippen molar-refractivity contribution in [3.63, 3.8) is 0 Å². The fourth-order valence-corrected chi connectivity index (χ4v) is 2.89. The van der Waals surface area contributed by atoms with Crippen LogP contribution in [0.25, 0.3) is 11.1 Å². The molecule has 0 unspecified atom stereocenters. The normalized spacial score (nSPS) is 17.0. The van der Waals surface area contributed by atoms with Gasteiger partial charge < -0.3 is 14.6 Å². The highest BCUT2D eigenvalue weighted by Crippen LogP contribution is 2.12. The number of benzene rings is 1. The number of aromatic nitrogens is 1. The Balaban J connectivity index is 1.58. The fourth-order valence-electron chi connectivity index (χ4n) is 2.89. The zero-order valence-corrected chi connectivity index (χ0v) is 12.7. The van der Waals surface area contributed by atoms with Crippen LogP contribution in [0.1, 0.15) is 19.3 Å². The third-order valence-electron chi connectivity index (χ3n) is 4.22. The number of carbonyl (C=O) groups is 1. The van der Waals surface area contributed by atoms with E-state index in [1.165, 1.54) is 4.57 Å². The highest BCUT2D eigenvalue weighted by molar-refractivity contribution is 5.77. The Bertz CT molecular complexity index is 711. The summed E-state index contributed by atoms with van der Waals surface area (Å²) in [5.74, 6) is -0.417. The van der Waals surface area contributed by atoms with E-state index in [-0.39, 0.29) is 18.4 Å². The van der Waals surface area contributed by atoms with Gasteiger partial charge in [0.25, 0.3) is 0 Å². The molecule has 1 aromatic carbocycles. The number of likely N-dealkylation sites (tertiary alicyclic amines) is 1. The Labute approximate surface area is 128 Å². The lowest BCUT2D eigenvalue weighted by atomic mass is 10.1. The first kappa shape index (κ1) is 14.8. The van der Waals surface area contributed by atoms with Crippen molar-refractivity contribution in [2.45, 2.75) is 31.8 Å². The van der Waals surface area contributed by atoms with Crippen LogP contribution >= 0.6 is 0 Å². The van der Waals surface area contributed by atoms with Crippen molar-refractivity contribution in [1.29, 1.82) is 0 Å². The summed E-state index contributed by atoms with van der Waals surface area (Å²) in [5.41, 5.74) is 1.29. The van der Waals surface area contributed by atoms with E-state index in [4.69, 9.17) is 4.42 Å². The molecule has 2 heterocycles. The van der Waals surface area contributed by atoms with Crippen molar-refractivity contribution < 1.29 is 9.21 Å². The molecule has 1 N–H and O–H groups in total. The number of oxazole rings is 1. The second-order valence-corrected chi connectivity index (χ2v) is 5.88. The maximum Gasteiger partial charge on any atom is 0.419 e. The molecule has 1 amide bonds. The Morgan fingerprint density at radius 2 is 2.05 bits per heavy atom. The molecule has 1 aliphatic rings. The van der Waals surface area contributed by atoms with Crippen molar-refractivity contribution in [1.82, 2.24) is 14.8 Å². The van der Waals surface area contributed by atoms with Crippen molar-refractivity contribution >= 4 is 17.0 Å². The number of nitrogens with one attached hydrogen (secondary N) is 1. The van der Waals surface area contributed by atoms with E-state index in [1.807, 2.05) is 18.2 Å². The van der Waals surface area contributed by atoms with Gasteiger partial charge in [-0.2, -0.15) is 0 Å². The number of carbonyl (C=O) groups excluding carboxylic acids is 1. The second-order valence-electron chi connectivity index (χ2n) is 5.88. The van der Waals surface area contributed by atoms with Gasteiger partial charge in [0, 0.05) is 19.0 Å². The maximum absolute atomic E-state index is 12.1. The monoisotopic (exact) mass is 303 g/mol. The Kier molecular flexibility index (Phi) is 4.29. The van der Waals surface area contributed by atoms with E-state index >= 15 is 0 Å². The van der Waals surface area contributed by atoms with Gasteiger partial charge in [-0.1, -0.05) is 12.1 Å². The molecule has 0 saturated carbocycles. The molecule has 1 aromatic heterocycles. The average molecular weight is 303 g/mol. The van der Waals surface area contributed by atoms with Gasteiger partial charge in [-0.3, -0.25) is 9.36 Å². The first-order valence-corrected chi connectivity index (χ1v) is 7.70. The second kappa shape index (κ2) is 6.36. The van der Waals surface area contributed by atoms with Gasteiger partial charge in [-0.15, -0.1) is 0 Å². The Hall–Kier alpha value is -2.08. The van der Waals surface area contributed by atoms with Crippen LogP contribution < -0.4 is 11.1 Å². The molecule has 6 heteroatoms. The fraction of sp³-hybridized carbons (Fsp3) is 0.500. The molecular formula is C16H21N3O3. The van der Waals surface area contributed by atoms with Crippen LogP contribution in [-0.4, -0.2) is 41.6 Å². The molecule has 1 saturated heterocycles. The van der Waals surface area contributed by atoms with Gasteiger partial charge in [-0.05, 0) is 45.1 Å². The van der Waals surface area contributed by atoms with Gasteiger partial charge in [-0.25, -0.2) is 4.79 Å². The van der Waals surface area contributed by atoms with Gasteiger partial charge in [0.05, 0.1) is 5.52 Å². The van der Waals surface area contributed by atoms with E-state index in [9.17, 15) is 9.59 Å². The molecule has 6 nitrogen and oxygen atoms in total. The summed E-state index contributed by atoms with van der Waals surface area (Å²) in [6, 6.07) is 7.51. The van der Waals surface area contributed by atoms with Gasteiger partial charge >= 0.3 is 5.76 Å². The number of amides is 1. The third kappa shape index (κ3) is 3.22. The number of piperidine rings is 1. The molecule has 1 aliphatic heterocycles. The van der Waals surface area contributed by atoms with Crippen LogP contribution in [0.3, 0.4) is 0 Å². The lowest BCUT2D eigenvalue weighted by Crippen LogP contribution is -2.43. The quantitative estimate of drug-likeness (QED) is 0.921. The molecular weight excluding hydrogens is 282 g/mol. The maximum atomic E-state index is 12.1. The van der Waals surface area contributed by atoms with E-state index < -0.39 is 5.76 Å². The van der Waals surface area contributed by atoms with Crippen molar-refractivity contribution in [3.8, 4) is 0 Å². The van der Waals surface area contributed by atoms with E-state index in [2.05, 4.69) is 17.3 Å². The van der Waals surface area contributed by atoms with Crippen LogP contribution in [0.4, 0.5) is 0 Å². The predicted octanol–water partition coefficient (Wildman–Crippen LogP) is 1.19. The molecule has 0 spiro atoms. The summed E-state index contributed by atoms with van der Waals surface area (Å²) < 4.78 is 6.68. The Morgan fingerprint density at radius 3 is 2.82 bits per heavy atom. The van der Waals surface area contributed by atoms with Crippen molar-refractivity contribution in [2.24, 2.45) is 0 Å². The smallest absolute Gasteiger partial charge is 0.408 e. The van der Waals surface area contributed by atoms with E-state index in [0.717, 1.165) is 31.4 Å². The number of fused-ring (bicyclic) bond motifs is 1. The van der Waals surface area contributed by atoms with Gasteiger partial charge in [0.15, 0.2) is 5.58 Å². The molecule has 0 bridgehead atoms. The molecule has 2 aromatic rings. The summed E-state index contributed by atoms with van der Waals surface area (Å²) in [7, 11) is 2.09. The molecule has 22 heavy (non-hydrogen) atoms. The zero-order valence-electron chi connectivity index (χ0n) is 12.7. The SMILES string of the molecule is CN1CCC(NC(=O)CCn2c(=O)oc3ccccc32)CC1. The molecule has 0 radical (unpaired) electrons. The van der Waals surface area contributed by atoms with Crippen LogP contribution in [0.15, 0.2) is 33.5 Å². The van der Waals surface area contributed by atoms with Crippen LogP contribution in [0.2, 0.25) is 0 Å². The summed E-state index contributed by atoms with van der Waals surface area (Å²) in [4.78, 5) is 26.2. The number of hydrogen-bond acceptors (Lipinski definition) is 4. The number of rotatable bonds is 4. The highest BCUT2D eigenvalue weighted by Gasteiger charge is 2.18. The Morgan fingerprint density at radius 1 is 1.32 bits per heavy atom. The lowest BCUT2D eigenvalue weighted by molar-refractivity contribution is -0.122. The van der Waals surface area contributed by atoms with Crippen molar-refractivity contribution in [2.75, 3.05) is 20.1 Å². The number of hydrogen-bond donors (Lipinski definition) is 1. The number of aryl methyl sites for hydroxylation is 1. The molecule has 0 aliphatic carbocycles. The summed E-state index contributed by atoms with van der Waals surface area (Å²) in [6.45, 7) is 2.36. The number of nitrogens with zero attached hydrogens (tertiary/aromatic N) is 2. The third-order valence-corrected chi connectivity index (χ3v) is 4.22. The average Bonchev–Trinajstić information content (AvgIpc) is 2.83. The van der Waals surface area contributed by atoms with Crippen molar-refractivity contribution in [3.05, 3.63) is 34.8 Å². The van der Waals surface area contributed by atoms with E-state index in [1.54, 1.807) is 6.07 Å². The molecule has 1 fully saturated rings. The lowest BCUT2D eigenvalue weighted by Gasteiger charge is -2.29. The summed E-state index contributed by atoms with van der Waals surface area (Å²) >= 11 is 0. The number of para-hydroxylation sites is 2. The zero-order chi connectivity index (χ0) is 15.5. The van der Waals surface area contributed by atoms with Crippen LogP contribution in [0, 0.1) is 0 Å². The molecule has 118 valence electrons. The first-order chi connectivity index (χ1) is 10.6. The van der Waals surface area contributed by atoms with Gasteiger partial charge in [0.1, 0.15) is 0 Å². The topological polar surface area (TPSA) is 67.5 Å². The van der Waals surface area contributed by atoms with Gasteiger partial charge in [0.2, 0.25) is 5.91 Å². The minimum Gasteiger partial charge on any atom is -0.408 e.